The third-order valence-electron chi connectivity index (χ3n) is 7.63. The van der Waals surface area contributed by atoms with E-state index in [0.29, 0.717) is 0 Å². The minimum Gasteiger partial charge on any atom is -0.387 e. The van der Waals surface area contributed by atoms with Crippen molar-refractivity contribution in [3.63, 3.8) is 0 Å². The van der Waals surface area contributed by atoms with Gasteiger partial charge < -0.3 is 65.8 Å². The molecule has 0 aromatic carbocycles. The van der Waals surface area contributed by atoms with E-state index < -0.39 is 101 Å². The summed E-state index contributed by atoms with van der Waals surface area (Å²) in [7, 11) is -30.8. The summed E-state index contributed by atoms with van der Waals surface area (Å²) in [6.07, 6.45) is -9.04. The van der Waals surface area contributed by atoms with Crippen molar-refractivity contribution < 1.29 is 103 Å². The first-order chi connectivity index (χ1) is 26.4. The maximum Gasteiger partial charge on any atom is 0.490 e. The van der Waals surface area contributed by atoms with E-state index in [9.17, 15) is 67.7 Å². The van der Waals surface area contributed by atoms with Crippen LogP contribution in [0.4, 0.5) is 11.6 Å². The Balaban J connectivity index is 0.00000641. The second kappa shape index (κ2) is 17.3. The molecule has 2 aliphatic rings. The summed E-state index contributed by atoms with van der Waals surface area (Å²) in [4.78, 5) is 72.6. The maximum absolute atomic E-state index is 12.4. The Labute approximate surface area is 332 Å². The SMILES string of the molecule is Nc1ncnc2c1ncn2C1OC(COP(=O)(O)OP(=O)(O)OP(=O)(O)OP(=O)(O)OP(=O)(O)OCC2OC(n3cnc4c(N)ncnc43)C(O)C2O)C(O)C1O.[Li]. The first-order valence-electron chi connectivity index (χ1n) is 15.1. The van der Waals surface area contributed by atoms with Gasteiger partial charge in [-0.05, 0) is 0 Å². The van der Waals surface area contributed by atoms with Gasteiger partial charge in [-0.1, -0.05) is 0 Å². The molecular weight excluding hydrogens is 894 g/mol. The number of ether oxygens (including phenoxy) is 2. The second-order valence-corrected chi connectivity index (χ2v) is 19.3. The third-order valence-corrected chi connectivity index (χ3v) is 15.2. The van der Waals surface area contributed by atoms with Gasteiger partial charge in [-0.3, -0.25) is 18.2 Å². The summed E-state index contributed by atoms with van der Waals surface area (Å²) >= 11 is 0. The predicted molar refractivity (Wildman–Crippen MR) is 182 cm³/mol. The van der Waals surface area contributed by atoms with Crippen molar-refractivity contribution in [2.24, 2.45) is 0 Å². The molecule has 38 heteroatoms. The van der Waals surface area contributed by atoms with Crippen LogP contribution in [0.2, 0.25) is 0 Å². The zero-order valence-electron chi connectivity index (χ0n) is 28.6. The molecule has 4 aromatic rings. The molecule has 12 atom stereocenters. The van der Waals surface area contributed by atoms with E-state index in [1.165, 1.54) is 0 Å². The number of nitrogens with zero attached hydrogens (tertiary/aromatic N) is 8. The molecule has 0 aliphatic carbocycles. The van der Waals surface area contributed by atoms with E-state index >= 15 is 0 Å². The van der Waals surface area contributed by atoms with E-state index in [1.807, 2.05) is 0 Å². The van der Waals surface area contributed by atoms with Crippen LogP contribution in [-0.4, -0.2) is 153 Å². The zero-order valence-corrected chi connectivity index (χ0v) is 33.1. The minimum absolute atomic E-state index is 0. The van der Waals surface area contributed by atoms with E-state index in [2.05, 4.69) is 56.2 Å². The molecule has 58 heavy (non-hydrogen) atoms. The van der Waals surface area contributed by atoms with Crippen molar-refractivity contribution in [3.05, 3.63) is 25.3 Å². The Morgan fingerprint density at radius 1 is 0.552 bits per heavy atom. The molecular formula is C20H29LiN10O22P5. The van der Waals surface area contributed by atoms with Crippen LogP contribution in [-0.2, 0) is 58.6 Å². The Bertz CT molecular complexity index is 2240. The van der Waals surface area contributed by atoms with Crippen molar-refractivity contribution in [3.8, 4) is 0 Å². The molecule has 32 nitrogen and oxygen atoms in total. The van der Waals surface area contributed by atoms with Gasteiger partial charge in [0.1, 0.15) is 60.3 Å². The number of imidazole rings is 2. The van der Waals surface area contributed by atoms with Crippen LogP contribution in [0.15, 0.2) is 25.3 Å². The van der Waals surface area contributed by atoms with Crippen LogP contribution < -0.4 is 11.5 Å². The number of aromatic nitrogens is 8. The van der Waals surface area contributed by atoms with Crippen molar-refractivity contribution in [2.75, 3.05) is 24.7 Å². The number of rotatable bonds is 16. The predicted octanol–water partition coefficient (Wildman–Crippen LogP) is -2.71. The topological polar surface area (TPSA) is 481 Å². The number of nitrogen functional groups attached to an aromatic ring is 2. The summed E-state index contributed by atoms with van der Waals surface area (Å²) in [6.45, 7) is -2.34. The standard InChI is InChI=1S/C20H29N10O22P5.Li/c21-15-9-17(25-3-23-15)29(5-27-9)19-13(33)11(31)7(47-19)1-45-53(35,36)49-55(39,40)51-57(43,44)52-56(41,42)50-54(37,38)46-2-8-12(32)14(34)20(48-8)30-6-28-10-16(22)24-4-26-18(10)30;/h3-8,11-14,19-20,31-34H,1-2H2,(H,35,36)(H,37,38)(H,39,40)(H,41,42)(H,43,44)(H2,21,23,25)(H2,22,24,26);. The van der Waals surface area contributed by atoms with Gasteiger partial charge in [0.2, 0.25) is 0 Å². The fraction of sp³-hybridized carbons (Fsp3) is 0.500. The molecule has 12 unspecified atom stereocenters. The van der Waals surface area contributed by atoms with Gasteiger partial charge in [0.05, 0.1) is 25.9 Å². The number of hydrogen-bond acceptors (Lipinski definition) is 25. The molecule has 6 rings (SSSR count). The van der Waals surface area contributed by atoms with Crippen LogP contribution in [0.25, 0.3) is 22.3 Å². The zero-order chi connectivity index (χ0) is 41.9. The number of phosphoric ester groups is 2. The molecule has 0 amide bonds. The number of anilines is 2. The Morgan fingerprint density at radius 2 is 0.879 bits per heavy atom. The van der Waals surface area contributed by atoms with Gasteiger partial charge in [0, 0.05) is 18.9 Å². The monoisotopic (exact) mass is 923 g/mol. The van der Waals surface area contributed by atoms with Gasteiger partial charge in [-0.2, -0.15) is 17.2 Å². The Kier molecular flexibility index (Phi) is 13.9. The molecule has 0 bridgehead atoms. The molecule has 2 fully saturated rings. The molecule has 2 saturated heterocycles. The van der Waals surface area contributed by atoms with Gasteiger partial charge in [-0.15, -0.1) is 0 Å². The molecule has 1 radical (unpaired) electrons. The minimum atomic E-state index is -6.45. The summed E-state index contributed by atoms with van der Waals surface area (Å²) < 4.78 is 98.9. The number of hydrogen-bond donors (Lipinski definition) is 11. The number of fused-ring (bicyclic) bond motifs is 2. The van der Waals surface area contributed by atoms with Gasteiger partial charge in [0.15, 0.2) is 35.4 Å². The first-order valence-corrected chi connectivity index (χ1v) is 22.5. The average molecular weight is 923 g/mol. The molecule has 6 heterocycles. The largest absolute Gasteiger partial charge is 0.490 e. The van der Waals surface area contributed by atoms with E-state index in [-0.39, 0.29) is 52.8 Å². The Morgan fingerprint density at radius 3 is 1.22 bits per heavy atom. The Hall–Kier alpha value is -2.23. The molecule has 0 spiro atoms. The summed E-state index contributed by atoms with van der Waals surface area (Å²) in [6, 6.07) is 0. The quantitative estimate of drug-likeness (QED) is 0.0402. The normalized spacial score (nSPS) is 30.2. The first kappa shape index (κ1) is 46.8. The average Bonchev–Trinajstić information content (AvgIpc) is 3.83. The smallest absolute Gasteiger partial charge is 0.387 e. The fourth-order valence-corrected chi connectivity index (χ4v) is 11.6. The molecule has 4 aromatic heterocycles. The summed E-state index contributed by atoms with van der Waals surface area (Å²) in [5, 5.41) is 41.8. The summed E-state index contributed by atoms with van der Waals surface area (Å²) in [5.41, 5.74) is 11.7. The van der Waals surface area contributed by atoms with Crippen LogP contribution in [0, 0.1) is 0 Å². The van der Waals surface area contributed by atoms with Crippen LogP contribution in [0.5, 0.6) is 0 Å². The molecule has 317 valence electrons. The number of aliphatic hydroxyl groups excluding tert-OH is 4. The number of phosphoric acid groups is 5. The van der Waals surface area contributed by atoms with E-state index in [4.69, 9.17) is 20.9 Å². The van der Waals surface area contributed by atoms with E-state index in [1.54, 1.807) is 0 Å². The van der Waals surface area contributed by atoms with Crippen LogP contribution >= 0.6 is 39.1 Å². The van der Waals surface area contributed by atoms with Crippen LogP contribution in [0.1, 0.15) is 12.5 Å². The third kappa shape index (κ3) is 10.4. The van der Waals surface area contributed by atoms with E-state index in [0.717, 1.165) is 34.4 Å². The molecule has 0 saturated carbocycles. The molecule has 13 N–H and O–H groups in total. The summed E-state index contributed by atoms with van der Waals surface area (Å²) in [5.74, 6) is -0.0770. The molecule has 2 aliphatic heterocycles. The van der Waals surface area contributed by atoms with Crippen LogP contribution in [0.3, 0.4) is 0 Å². The maximum atomic E-state index is 12.4. The fourth-order valence-electron chi connectivity index (χ4n) is 5.25. The van der Waals surface area contributed by atoms with Crippen molar-refractivity contribution in [1.82, 2.24) is 39.0 Å². The van der Waals surface area contributed by atoms with Gasteiger partial charge in [0.25, 0.3) is 0 Å². The van der Waals surface area contributed by atoms with Gasteiger partial charge >= 0.3 is 39.1 Å². The van der Waals surface area contributed by atoms with Crippen molar-refractivity contribution in [2.45, 2.75) is 49.1 Å². The van der Waals surface area contributed by atoms with Crippen molar-refractivity contribution >= 4 is 91.9 Å². The van der Waals surface area contributed by atoms with Gasteiger partial charge in [-0.25, -0.2) is 52.7 Å². The number of nitrogens with two attached hydrogens (primary N) is 2. The van der Waals surface area contributed by atoms with Crippen molar-refractivity contribution in [1.29, 1.82) is 0 Å². The second-order valence-electron chi connectivity index (χ2n) is 11.5. The number of aliphatic hydroxyl groups is 4.